The first-order valence-corrected chi connectivity index (χ1v) is 6.64. The molecule has 2 rings (SSSR count). The summed E-state index contributed by atoms with van der Waals surface area (Å²) in [6.07, 6.45) is 0. The highest BCUT2D eigenvalue weighted by atomic mass is 35.5. The molecule has 6 nitrogen and oxygen atoms in total. The molecule has 0 unspecified atom stereocenters. The molecule has 0 atom stereocenters. The molecule has 0 aliphatic rings. The number of aryl methyl sites for hydroxylation is 1. The topological polar surface area (TPSA) is 82.1 Å². The number of thioether (sulfide) groups is 1. The minimum atomic E-state index is -0.549. The molecule has 1 N–H and O–H groups in total. The van der Waals surface area contributed by atoms with Gasteiger partial charge in [-0.3, -0.25) is 4.79 Å². The fourth-order valence-corrected chi connectivity index (χ4v) is 2.16. The summed E-state index contributed by atoms with van der Waals surface area (Å²) >= 11 is 6.81. The maximum absolute atomic E-state index is 11.7. The number of nitrogens with one attached hydrogen (secondary N) is 1. The van der Waals surface area contributed by atoms with Gasteiger partial charge in [0.15, 0.2) is 13.0 Å². The van der Waals surface area contributed by atoms with Gasteiger partial charge in [0.25, 0.3) is 5.03 Å². The summed E-state index contributed by atoms with van der Waals surface area (Å²) in [7, 11) is 1.57. The number of halogens is 1. The molecule has 0 saturated carbocycles. The summed E-state index contributed by atoms with van der Waals surface area (Å²) in [5, 5.41) is 18.3. The molecular weight excluding hydrogens is 290 g/mol. The number of hydrogen-bond donors (Lipinski definition) is 1. The molecule has 1 heterocycles. The van der Waals surface area contributed by atoms with Crippen LogP contribution in [-0.2, 0) is 11.8 Å². The number of nitrogens with zero attached hydrogens (tertiary/aromatic N) is 2. The minimum absolute atomic E-state index is 0.0902. The first-order chi connectivity index (χ1) is 9.06. The van der Waals surface area contributed by atoms with Crippen molar-refractivity contribution >= 4 is 35.0 Å². The van der Waals surface area contributed by atoms with Crippen LogP contribution in [0.25, 0.3) is 0 Å². The van der Waals surface area contributed by atoms with Gasteiger partial charge in [-0.05, 0) is 36.0 Å². The molecule has 19 heavy (non-hydrogen) atoms. The van der Waals surface area contributed by atoms with Gasteiger partial charge in [-0.2, -0.15) is 0 Å². The molecule has 0 bridgehead atoms. The minimum Gasteiger partial charge on any atom is -0.538 e. The smallest absolute Gasteiger partial charge is 0.291 e. The van der Waals surface area contributed by atoms with Crippen LogP contribution in [0.5, 0.6) is 5.95 Å². The number of hydrogen-bond acceptors (Lipinski definition) is 5. The summed E-state index contributed by atoms with van der Waals surface area (Å²) in [6, 6.07) is 6.76. The monoisotopic (exact) mass is 299 g/mol. The van der Waals surface area contributed by atoms with Crippen molar-refractivity contribution in [3.8, 4) is 5.95 Å². The van der Waals surface area contributed by atoms with Crippen LogP contribution in [0.15, 0.2) is 33.8 Å². The van der Waals surface area contributed by atoms with E-state index in [4.69, 9.17) is 11.6 Å². The fourth-order valence-electron chi connectivity index (χ4n) is 1.32. The first-order valence-electron chi connectivity index (χ1n) is 5.27. The first kappa shape index (κ1) is 13.7. The Morgan fingerprint density at radius 3 is 2.79 bits per heavy atom. The van der Waals surface area contributed by atoms with Gasteiger partial charge in [-0.25, -0.2) is 0 Å². The van der Waals surface area contributed by atoms with E-state index in [9.17, 15) is 9.90 Å². The van der Waals surface area contributed by atoms with Crippen molar-refractivity contribution in [2.75, 3.05) is 11.1 Å². The van der Waals surface area contributed by atoms with E-state index in [-0.39, 0.29) is 16.7 Å². The molecule has 1 aromatic carbocycles. The molecule has 0 aliphatic carbocycles. The number of amides is 1. The van der Waals surface area contributed by atoms with Gasteiger partial charge in [0.05, 0.1) is 11.0 Å². The van der Waals surface area contributed by atoms with Crippen molar-refractivity contribution in [1.29, 1.82) is 0 Å². The van der Waals surface area contributed by atoms with E-state index < -0.39 is 5.95 Å². The summed E-state index contributed by atoms with van der Waals surface area (Å²) < 4.78 is 5.74. The molecule has 0 fully saturated rings. The molecule has 8 heteroatoms. The standard InChI is InChI=1S/C11H10ClN3O3S/c1-15-10(11(17)18-14-15)19-6-9(16)13-8-4-2-7(12)3-5-8/h2-5H,6H2,1H3,(H-,13,14,16,17). The van der Waals surface area contributed by atoms with Crippen LogP contribution in [-0.4, -0.2) is 16.9 Å². The maximum atomic E-state index is 11.7. The zero-order chi connectivity index (χ0) is 13.8. The second-order valence-electron chi connectivity index (χ2n) is 3.63. The number of carbonyl (C=O) groups is 1. The molecular formula is C11H10ClN3O3S. The van der Waals surface area contributed by atoms with Gasteiger partial charge in [0.1, 0.15) is 0 Å². The predicted octanol–water partition coefficient (Wildman–Crippen LogP) is 0.957. The van der Waals surface area contributed by atoms with Crippen molar-refractivity contribution in [1.82, 2.24) is 5.27 Å². The third-order valence-corrected chi connectivity index (χ3v) is 3.55. The average Bonchev–Trinajstić information content (AvgIpc) is 2.70. The van der Waals surface area contributed by atoms with E-state index >= 15 is 0 Å². The Labute approximate surface area is 118 Å². The highest BCUT2D eigenvalue weighted by molar-refractivity contribution is 7.99. The van der Waals surface area contributed by atoms with Gasteiger partial charge < -0.3 is 14.9 Å². The molecule has 1 aromatic heterocycles. The molecule has 1 amide bonds. The Bertz CT molecular complexity index is 566. The number of anilines is 1. The van der Waals surface area contributed by atoms with Gasteiger partial charge in [-0.15, -0.1) is 0 Å². The van der Waals surface area contributed by atoms with Crippen LogP contribution < -0.4 is 15.1 Å². The van der Waals surface area contributed by atoms with Crippen molar-refractivity contribution in [2.45, 2.75) is 5.03 Å². The summed E-state index contributed by atoms with van der Waals surface area (Å²) in [5.74, 6) is -0.688. The second-order valence-corrected chi connectivity index (χ2v) is 5.03. The lowest BCUT2D eigenvalue weighted by molar-refractivity contribution is -0.772. The highest BCUT2D eigenvalue weighted by Crippen LogP contribution is 2.21. The third kappa shape index (κ3) is 3.62. The lowest BCUT2D eigenvalue weighted by Gasteiger charge is -2.03. The van der Waals surface area contributed by atoms with Crippen LogP contribution >= 0.6 is 23.4 Å². The van der Waals surface area contributed by atoms with Crippen LogP contribution in [0.3, 0.4) is 0 Å². The van der Waals surface area contributed by atoms with Crippen molar-refractivity contribution in [3.63, 3.8) is 0 Å². The van der Waals surface area contributed by atoms with E-state index in [0.29, 0.717) is 10.7 Å². The summed E-state index contributed by atoms with van der Waals surface area (Å²) in [5.41, 5.74) is 0.645. The summed E-state index contributed by atoms with van der Waals surface area (Å²) in [4.78, 5) is 11.7. The van der Waals surface area contributed by atoms with E-state index in [0.717, 1.165) is 11.8 Å². The number of carbonyl (C=O) groups excluding carboxylic acids is 1. The normalized spacial score (nSPS) is 10.4. The van der Waals surface area contributed by atoms with Crippen LogP contribution in [0.4, 0.5) is 5.69 Å². The third-order valence-electron chi connectivity index (χ3n) is 2.18. The predicted molar refractivity (Wildman–Crippen MR) is 67.9 cm³/mol. The zero-order valence-corrected chi connectivity index (χ0v) is 11.5. The van der Waals surface area contributed by atoms with Crippen molar-refractivity contribution < 1.29 is 19.1 Å². The largest absolute Gasteiger partial charge is 0.538 e. The average molecular weight is 300 g/mol. The summed E-state index contributed by atoms with van der Waals surface area (Å²) in [6.45, 7) is 0. The van der Waals surface area contributed by atoms with Crippen molar-refractivity contribution in [3.05, 3.63) is 29.3 Å². The Morgan fingerprint density at radius 2 is 2.21 bits per heavy atom. The SMILES string of the molecule is C[n+]1noc([O-])c1SCC(=O)Nc1ccc(Cl)cc1. The molecule has 0 spiro atoms. The molecule has 0 radical (unpaired) electrons. The van der Waals surface area contributed by atoms with E-state index in [1.807, 2.05) is 0 Å². The molecule has 100 valence electrons. The Balaban J connectivity index is 1.90. The van der Waals surface area contributed by atoms with Crippen molar-refractivity contribution in [2.24, 2.45) is 7.05 Å². The lowest BCUT2D eigenvalue weighted by atomic mass is 10.3. The van der Waals surface area contributed by atoms with E-state index in [1.165, 1.54) is 4.68 Å². The lowest BCUT2D eigenvalue weighted by Crippen LogP contribution is -2.32. The molecule has 0 aliphatic heterocycles. The number of aromatic nitrogens is 2. The van der Waals surface area contributed by atoms with Gasteiger partial charge in [-0.1, -0.05) is 16.3 Å². The number of rotatable bonds is 4. The van der Waals surface area contributed by atoms with E-state index in [1.54, 1.807) is 31.3 Å². The fraction of sp³-hybridized carbons (Fsp3) is 0.182. The second kappa shape index (κ2) is 5.94. The Hall–Kier alpha value is -1.73. The molecule has 2 aromatic rings. The zero-order valence-electron chi connectivity index (χ0n) is 9.92. The van der Waals surface area contributed by atoms with Crippen LogP contribution in [0.1, 0.15) is 0 Å². The Kier molecular flexibility index (Phi) is 4.28. The van der Waals surface area contributed by atoms with Gasteiger partial charge >= 0.3 is 0 Å². The van der Waals surface area contributed by atoms with Crippen LogP contribution in [0, 0.1) is 0 Å². The quantitative estimate of drug-likeness (QED) is 0.671. The van der Waals surface area contributed by atoms with E-state index in [2.05, 4.69) is 15.1 Å². The number of benzene rings is 1. The van der Waals surface area contributed by atoms with Gasteiger partial charge in [0.2, 0.25) is 5.91 Å². The highest BCUT2D eigenvalue weighted by Gasteiger charge is 2.15. The van der Waals surface area contributed by atoms with Crippen LogP contribution in [0.2, 0.25) is 5.02 Å². The molecule has 0 saturated heterocycles. The maximum Gasteiger partial charge on any atom is 0.291 e. The Morgan fingerprint density at radius 1 is 1.53 bits per heavy atom. The van der Waals surface area contributed by atoms with Gasteiger partial charge in [0, 0.05) is 10.7 Å².